The van der Waals surface area contributed by atoms with E-state index in [0.717, 1.165) is 24.3 Å². The Bertz CT molecular complexity index is 1250. The van der Waals surface area contributed by atoms with Crippen molar-refractivity contribution in [2.45, 2.75) is 32.7 Å². The molecule has 4 rings (SSSR count). The second-order valence-electron chi connectivity index (χ2n) is 8.34. The number of amides is 1. The Morgan fingerprint density at radius 2 is 1.97 bits per heavy atom. The second kappa shape index (κ2) is 11.4. The Morgan fingerprint density at radius 3 is 2.66 bits per heavy atom. The van der Waals surface area contributed by atoms with E-state index in [1.807, 2.05) is 17.0 Å². The zero-order valence-electron chi connectivity index (χ0n) is 19.4. The lowest BCUT2D eigenvalue weighted by Crippen LogP contribution is -2.29. The molecule has 1 saturated heterocycles. The number of nitriles is 1. The molecule has 0 saturated carbocycles. The minimum atomic E-state index is -2.13. The van der Waals surface area contributed by atoms with Gasteiger partial charge in [0, 0.05) is 29.3 Å². The van der Waals surface area contributed by atoms with E-state index >= 15 is 0 Å². The third-order valence-electron chi connectivity index (χ3n) is 5.87. The molecule has 35 heavy (non-hydrogen) atoms. The van der Waals surface area contributed by atoms with Gasteiger partial charge in [-0.2, -0.15) is 5.26 Å². The molecule has 1 atom stereocenters. The number of carbonyl (C=O) groups is 1. The van der Waals surface area contributed by atoms with Crippen LogP contribution in [0.3, 0.4) is 0 Å². The maximum Gasteiger partial charge on any atom is 0.271 e. The van der Waals surface area contributed by atoms with Crippen molar-refractivity contribution in [2.24, 2.45) is 0 Å². The normalized spacial score (nSPS) is 14.3. The molecule has 0 bridgehead atoms. The number of hydrogen-bond donors (Lipinski definition) is 2. The fourth-order valence-electron chi connectivity index (χ4n) is 4.09. The molecule has 8 nitrogen and oxygen atoms in total. The number of rotatable bonds is 8. The van der Waals surface area contributed by atoms with E-state index in [1.165, 1.54) is 36.3 Å². The topological polar surface area (TPSA) is 110 Å². The number of benzene rings is 2. The number of aromatic nitrogens is 1. The summed E-state index contributed by atoms with van der Waals surface area (Å²) in [4.78, 5) is 22.3. The van der Waals surface area contributed by atoms with Gasteiger partial charge in [0.1, 0.15) is 11.6 Å². The van der Waals surface area contributed by atoms with Crippen molar-refractivity contribution in [3.8, 4) is 6.07 Å². The lowest BCUT2D eigenvalue weighted by molar-refractivity contribution is 0.0955. The van der Waals surface area contributed by atoms with Crippen LogP contribution in [-0.2, 0) is 17.6 Å². The van der Waals surface area contributed by atoms with E-state index in [0.29, 0.717) is 22.1 Å². The van der Waals surface area contributed by atoms with E-state index < -0.39 is 17.0 Å². The molecule has 182 valence electrons. The van der Waals surface area contributed by atoms with Crippen LogP contribution >= 0.6 is 11.3 Å². The molecular weight excluding hydrogens is 482 g/mol. The van der Waals surface area contributed by atoms with E-state index in [2.05, 4.69) is 45.5 Å². The number of nitrogens with one attached hydrogen (secondary N) is 1. The Kier molecular flexibility index (Phi) is 8.13. The highest BCUT2D eigenvalue weighted by Gasteiger charge is 2.21. The fraction of sp³-hybridized carbons (Fsp3) is 0.320. The van der Waals surface area contributed by atoms with Crippen molar-refractivity contribution < 1.29 is 13.6 Å². The molecule has 2 aromatic carbocycles. The highest BCUT2D eigenvalue weighted by atomic mass is 32.2. The fourth-order valence-corrected chi connectivity index (χ4v) is 5.27. The van der Waals surface area contributed by atoms with Gasteiger partial charge in [-0.3, -0.25) is 4.79 Å². The second-order valence-corrected chi connectivity index (χ2v) is 10.4. The van der Waals surface area contributed by atoms with Crippen LogP contribution in [0, 0.1) is 18.3 Å². The summed E-state index contributed by atoms with van der Waals surface area (Å²) in [5.41, 5.74) is 3.95. The first-order chi connectivity index (χ1) is 16.9. The summed E-state index contributed by atoms with van der Waals surface area (Å²) in [5.74, 6) is -0.840. The molecule has 1 fully saturated rings. The van der Waals surface area contributed by atoms with Crippen LogP contribution in [0.4, 0.5) is 16.5 Å². The summed E-state index contributed by atoms with van der Waals surface area (Å²) < 4.78 is 19.9. The molecule has 0 aliphatic carbocycles. The highest BCUT2D eigenvalue weighted by Crippen LogP contribution is 2.34. The first-order valence-electron chi connectivity index (χ1n) is 11.4. The van der Waals surface area contributed by atoms with E-state index in [4.69, 9.17) is 4.55 Å². The van der Waals surface area contributed by atoms with Crippen molar-refractivity contribution in [1.82, 2.24) is 10.3 Å². The van der Waals surface area contributed by atoms with Gasteiger partial charge in [-0.05, 0) is 68.1 Å². The SMILES string of the molecule is Cc1sc(N(Cc2cccc(N3CCCCC3)c2)c2ccc(C#N)cc2)nc1C(=O)NCS(=O)O. The molecule has 1 aliphatic rings. The summed E-state index contributed by atoms with van der Waals surface area (Å²) >= 11 is -0.748. The average molecular weight is 510 g/mol. The molecule has 10 heteroatoms. The van der Waals surface area contributed by atoms with Crippen molar-refractivity contribution in [2.75, 3.05) is 28.8 Å². The molecule has 0 spiro atoms. The summed E-state index contributed by atoms with van der Waals surface area (Å²) in [6.07, 6.45) is 3.68. The van der Waals surface area contributed by atoms with Gasteiger partial charge in [-0.15, -0.1) is 11.3 Å². The minimum Gasteiger partial charge on any atom is -0.372 e. The number of aryl methyl sites for hydroxylation is 1. The molecule has 2 N–H and O–H groups in total. The third-order valence-corrected chi connectivity index (χ3v) is 7.25. The van der Waals surface area contributed by atoms with Crippen molar-refractivity contribution in [3.05, 3.63) is 70.2 Å². The first-order valence-corrected chi connectivity index (χ1v) is 13.5. The zero-order valence-corrected chi connectivity index (χ0v) is 21.1. The number of piperidine rings is 1. The summed E-state index contributed by atoms with van der Waals surface area (Å²) in [7, 11) is 0. The predicted octanol–water partition coefficient (Wildman–Crippen LogP) is 4.56. The van der Waals surface area contributed by atoms with Gasteiger partial charge in [0.25, 0.3) is 5.91 Å². The number of anilines is 3. The molecule has 1 amide bonds. The summed E-state index contributed by atoms with van der Waals surface area (Å²) in [6.45, 7) is 4.46. The third kappa shape index (κ3) is 6.25. The molecular formula is C25H27N5O3S2. The smallest absolute Gasteiger partial charge is 0.271 e. The van der Waals surface area contributed by atoms with Gasteiger partial charge in [-0.1, -0.05) is 12.1 Å². The molecule has 1 aliphatic heterocycles. The Morgan fingerprint density at radius 1 is 1.23 bits per heavy atom. The predicted molar refractivity (Wildman–Crippen MR) is 139 cm³/mol. The molecule has 0 radical (unpaired) electrons. The molecule has 1 unspecified atom stereocenters. The zero-order chi connectivity index (χ0) is 24.8. The van der Waals surface area contributed by atoms with E-state index in [-0.39, 0.29) is 11.6 Å². The van der Waals surface area contributed by atoms with Gasteiger partial charge in [0.15, 0.2) is 16.2 Å². The van der Waals surface area contributed by atoms with Gasteiger partial charge in [-0.25, -0.2) is 9.19 Å². The van der Waals surface area contributed by atoms with Crippen LogP contribution in [0.1, 0.15) is 45.8 Å². The maximum absolute atomic E-state index is 12.5. The Labute approximate surface area is 211 Å². The van der Waals surface area contributed by atoms with Crippen molar-refractivity contribution in [3.63, 3.8) is 0 Å². The number of hydrogen-bond acceptors (Lipinski definition) is 7. The van der Waals surface area contributed by atoms with Crippen molar-refractivity contribution >= 4 is 44.8 Å². The Hall–Kier alpha value is -3.26. The highest BCUT2D eigenvalue weighted by molar-refractivity contribution is 7.79. The molecule has 2 heterocycles. The van der Waals surface area contributed by atoms with Crippen LogP contribution in [0.15, 0.2) is 48.5 Å². The number of nitrogens with zero attached hydrogens (tertiary/aromatic N) is 4. The standard InChI is InChI=1S/C25H27N5O3S2/c1-18-23(24(31)27-17-35(32)33)28-25(34-18)30(21-10-8-19(15-26)9-11-21)16-20-6-5-7-22(14-20)29-12-3-2-4-13-29/h5-11,14H,2-4,12-13,16-17H2,1H3,(H,27,31)(H,32,33). The van der Waals surface area contributed by atoms with Crippen molar-refractivity contribution in [1.29, 1.82) is 5.26 Å². The lowest BCUT2D eigenvalue weighted by Gasteiger charge is -2.29. The monoisotopic (exact) mass is 509 g/mol. The van der Waals surface area contributed by atoms with E-state index in [9.17, 15) is 14.3 Å². The van der Waals surface area contributed by atoms with Crippen LogP contribution < -0.4 is 15.1 Å². The van der Waals surface area contributed by atoms with Gasteiger partial charge < -0.3 is 19.7 Å². The molecule has 1 aromatic heterocycles. The Balaban J connectivity index is 1.65. The van der Waals surface area contributed by atoms with Crippen LogP contribution in [0.5, 0.6) is 0 Å². The van der Waals surface area contributed by atoms with Gasteiger partial charge in [0.2, 0.25) is 0 Å². The van der Waals surface area contributed by atoms with Crippen LogP contribution in [0.2, 0.25) is 0 Å². The average Bonchev–Trinajstić information content (AvgIpc) is 3.28. The van der Waals surface area contributed by atoms with Gasteiger partial charge >= 0.3 is 0 Å². The van der Waals surface area contributed by atoms with Crippen LogP contribution in [-0.4, -0.2) is 38.6 Å². The number of carbonyl (C=O) groups excluding carboxylic acids is 1. The maximum atomic E-state index is 12.5. The number of thiazole rings is 1. The van der Waals surface area contributed by atoms with Gasteiger partial charge in [0.05, 0.1) is 18.2 Å². The lowest BCUT2D eigenvalue weighted by atomic mass is 10.1. The van der Waals surface area contributed by atoms with E-state index in [1.54, 1.807) is 19.1 Å². The largest absolute Gasteiger partial charge is 0.372 e. The summed E-state index contributed by atoms with van der Waals surface area (Å²) in [6, 6.07) is 17.9. The molecule has 3 aromatic rings. The minimum absolute atomic E-state index is 0.233. The summed E-state index contributed by atoms with van der Waals surface area (Å²) in [5, 5.41) is 12.3. The van der Waals surface area contributed by atoms with Crippen LogP contribution in [0.25, 0.3) is 0 Å². The first kappa shape index (κ1) is 24.9. The quantitative estimate of drug-likeness (QED) is 0.428.